The second-order valence-corrected chi connectivity index (χ2v) is 27.1. The van der Waals surface area contributed by atoms with Gasteiger partial charge in [-0.15, -0.1) is 28.4 Å². The van der Waals surface area contributed by atoms with E-state index in [1.54, 1.807) is 0 Å². The molecule has 30 heteroatoms. The number of hydrogen-bond donors (Lipinski definition) is 0. The SMILES string of the molecule is CB1N(C)[CH-]N(c2[c-]cccc2)B(C)N1C(C)C.CCCCCCN1B(C)N(C)[CH-]N(c2[c-]cccc2)B1C.CCCCCN1B(C)N(C)[CH-]N(c2[c-]cccc2)B1C.CCCCN1B(C)N(C)[CH-]N(c2[c-]cccc2)B1C.CCCN1B(C)N(C)[CH-]N(c2[c-]cccc2)B1C.[Rh+2].[Rh+2].[Rh+2].[Rh+2].[Rh+2]. The smallest absolute Gasteiger partial charge is 0.562 e. The van der Waals surface area contributed by atoms with Gasteiger partial charge in [0.25, 0.3) is 69.8 Å². The number of rotatable bonds is 20. The van der Waals surface area contributed by atoms with E-state index in [2.05, 4.69) is 341 Å². The Kier molecular flexibility index (Phi) is 49.2. The Morgan fingerprint density at radius 1 is 0.287 bits per heavy atom. The minimum absolute atomic E-state index is 0. The summed E-state index contributed by atoms with van der Waals surface area (Å²) in [6.07, 6.45) is 12.8. The van der Waals surface area contributed by atoms with Gasteiger partial charge in [-0.2, -0.15) is 152 Å². The maximum atomic E-state index is 3.34. The standard InChI is InChI=1S/C16H27B2N3.C15H25B2N3.C14H23B2N3.2C13H21B2N3.5Rh/c1-5-6-7-11-14-21-17(2)19(4)15-20(18(21)3)16-12-9-8-10-13-16;1-5-6-10-13-20-16(2)18(4)14-19(17(20)3)15-11-8-7-9-12-15;1-5-6-12-19-15(2)17(4)13-18(16(19)3)14-10-8-7-9-11-14;1-12(2)18-14(3)16(5)11-17(15(18)4)13-9-7-6-8-10-13;1-5-11-18-14(2)16(4)12-17(15(18)3)13-9-7-6-8-10-13;;;;;/h8-10,12,15H,5-7,11,14H2,1-4H3;7-9,11,14H,5-6,10,13H2,1-4H3;7-10,13H,5-6,12H2,1-4H3;6-9,11-12H,1-5H3;6-9,12H,5,11H2,1-4H3;;;;;/q5*-2;5*+2. The van der Waals surface area contributed by atoms with Gasteiger partial charge >= 0.3 is 97.4 Å². The predicted molar refractivity (Wildman–Crippen MR) is 428 cm³/mol. The van der Waals surface area contributed by atoms with E-state index in [-0.39, 0.29) is 97.4 Å². The minimum atomic E-state index is 0. The molecule has 0 bridgehead atoms. The van der Waals surface area contributed by atoms with Gasteiger partial charge < -0.3 is 71.7 Å². The van der Waals surface area contributed by atoms with E-state index >= 15 is 0 Å². The molecule has 10 rings (SSSR count). The molecule has 0 N–H and O–H groups in total. The van der Waals surface area contributed by atoms with Gasteiger partial charge in [-0.05, 0) is 93.1 Å². The van der Waals surface area contributed by atoms with Gasteiger partial charge in [0, 0.05) is 0 Å². The summed E-state index contributed by atoms with van der Waals surface area (Å²) in [7, 11) is 10.7. The van der Waals surface area contributed by atoms with Crippen LogP contribution in [0.25, 0.3) is 0 Å². The van der Waals surface area contributed by atoms with E-state index < -0.39 is 0 Å². The van der Waals surface area contributed by atoms with Crippen LogP contribution in [0.2, 0.25) is 68.2 Å². The molecule has 5 saturated heterocycles. The van der Waals surface area contributed by atoms with Crippen molar-refractivity contribution in [1.29, 1.82) is 0 Å². The van der Waals surface area contributed by atoms with E-state index in [9.17, 15) is 0 Å². The van der Waals surface area contributed by atoms with Crippen LogP contribution >= 0.6 is 0 Å². The first-order valence-electron chi connectivity index (χ1n) is 36.5. The molecule has 0 amide bonds. The van der Waals surface area contributed by atoms with Gasteiger partial charge in [-0.1, -0.05) is 148 Å². The summed E-state index contributed by atoms with van der Waals surface area (Å²) in [5, 5.41) is 0. The Labute approximate surface area is 687 Å². The summed E-state index contributed by atoms with van der Waals surface area (Å²) in [5.74, 6) is 0. The van der Waals surface area contributed by atoms with Crippen molar-refractivity contribution in [2.75, 3.05) is 85.5 Å². The molecule has 15 nitrogen and oxygen atoms in total. The first kappa shape index (κ1) is 97.5. The van der Waals surface area contributed by atoms with E-state index in [0.29, 0.717) is 75.9 Å². The third-order valence-corrected chi connectivity index (χ3v) is 20.2. The number of benzene rings is 5. The molecule has 101 heavy (non-hydrogen) atoms. The Hall–Kier alpha value is -1.53. The van der Waals surface area contributed by atoms with E-state index in [4.69, 9.17) is 0 Å². The van der Waals surface area contributed by atoms with Crippen molar-refractivity contribution in [2.45, 2.75) is 180 Å². The fourth-order valence-corrected chi connectivity index (χ4v) is 13.7. The molecule has 5 aromatic carbocycles. The van der Waals surface area contributed by atoms with Crippen molar-refractivity contribution in [1.82, 2.24) is 47.7 Å². The zero-order valence-corrected chi connectivity index (χ0v) is 73.3. The van der Waals surface area contributed by atoms with Crippen molar-refractivity contribution in [3.8, 4) is 0 Å². The van der Waals surface area contributed by atoms with Crippen molar-refractivity contribution in [3.05, 3.63) is 185 Å². The molecule has 0 aliphatic carbocycles. The van der Waals surface area contributed by atoms with Crippen LogP contribution in [0, 0.1) is 63.7 Å². The van der Waals surface area contributed by atoms with Crippen LogP contribution < -0.4 is 24.1 Å². The third-order valence-electron chi connectivity index (χ3n) is 20.2. The quantitative estimate of drug-likeness (QED) is 0.0422. The molecular weight excluding hydrogens is 1690 g/mol. The number of hydrogen-bond acceptors (Lipinski definition) is 15. The molecule has 0 spiro atoms. The van der Waals surface area contributed by atoms with Crippen LogP contribution in [0.5, 0.6) is 0 Å². The average molecular weight is 1800 g/mol. The maximum absolute atomic E-state index is 3.34. The first-order chi connectivity index (χ1) is 46.1. The van der Waals surface area contributed by atoms with Gasteiger partial charge in [-0.25, -0.2) is 33.3 Å². The topological polar surface area (TPSA) is 48.6 Å². The monoisotopic (exact) mass is 1800 g/mol. The largest absolute Gasteiger partial charge is 2.00 e. The summed E-state index contributed by atoms with van der Waals surface area (Å²) in [5.41, 5.74) is 5.66. The van der Waals surface area contributed by atoms with Gasteiger partial charge in [-0.3, -0.25) is 0 Å². The molecule has 5 radical (unpaired) electrons. The molecule has 5 fully saturated rings. The third kappa shape index (κ3) is 28.1. The van der Waals surface area contributed by atoms with Crippen molar-refractivity contribution in [3.63, 3.8) is 0 Å². The van der Waals surface area contributed by atoms with E-state index in [0.717, 1.165) is 54.6 Å². The van der Waals surface area contributed by atoms with Gasteiger partial charge in [0.1, 0.15) is 0 Å². The Morgan fingerprint density at radius 3 is 0.772 bits per heavy atom. The van der Waals surface area contributed by atoms with Gasteiger partial charge in [0.2, 0.25) is 0 Å². The Bertz CT molecular complexity index is 2880. The molecule has 0 unspecified atom stereocenters. The van der Waals surface area contributed by atoms with Crippen LogP contribution in [0.4, 0.5) is 28.4 Å². The van der Waals surface area contributed by atoms with Crippen LogP contribution in [-0.2, 0) is 97.4 Å². The summed E-state index contributed by atoms with van der Waals surface area (Å²) < 4.78 is 12.7. The molecule has 551 valence electrons. The maximum Gasteiger partial charge on any atom is 2.00 e. The summed E-state index contributed by atoms with van der Waals surface area (Å²) >= 11 is 0. The predicted octanol–water partition coefficient (Wildman–Crippen LogP) is 13.9. The second-order valence-electron chi connectivity index (χ2n) is 27.1. The molecule has 5 aliphatic rings. The molecule has 5 heterocycles. The Balaban J connectivity index is 0.000000624. The molecule has 0 saturated carbocycles. The van der Waals surface area contributed by atoms with Crippen LogP contribution in [0.15, 0.2) is 121 Å². The minimum Gasteiger partial charge on any atom is -0.562 e. The van der Waals surface area contributed by atoms with Crippen molar-refractivity contribution in [2.24, 2.45) is 0 Å². The molecule has 0 atom stereocenters. The van der Waals surface area contributed by atoms with Crippen molar-refractivity contribution < 1.29 is 97.4 Å². The number of unbranched alkanes of at least 4 members (excludes halogenated alkanes) is 6. The molecule has 0 aromatic heterocycles. The fraction of sp³-hybridized carbons (Fsp3) is 0.507. The van der Waals surface area contributed by atoms with Crippen LogP contribution in [0.1, 0.15) is 106 Å². The first-order valence-corrected chi connectivity index (χ1v) is 36.5. The second kappa shape index (κ2) is 51.0. The number of anilines is 5. The normalized spacial score (nSPS) is 17.3. The van der Waals surface area contributed by atoms with E-state index in [1.165, 1.54) is 64.2 Å². The zero-order chi connectivity index (χ0) is 70.0. The zero-order valence-electron chi connectivity index (χ0n) is 65.1. The van der Waals surface area contributed by atoms with Crippen LogP contribution in [-0.4, -0.2) is 185 Å². The molecular formula is C71H117B10N15Rh5. The summed E-state index contributed by atoms with van der Waals surface area (Å²) in [4.78, 5) is 22.9. The Morgan fingerprint density at radius 2 is 0.525 bits per heavy atom. The fourth-order valence-electron chi connectivity index (χ4n) is 13.7. The molecule has 5 aliphatic heterocycles. The van der Waals surface area contributed by atoms with Crippen molar-refractivity contribution >= 4 is 98.3 Å². The van der Waals surface area contributed by atoms with Gasteiger partial charge in [0.05, 0.1) is 0 Å². The molecule has 5 aromatic rings. The number of nitrogens with zero attached hydrogens (tertiary/aromatic N) is 15. The average Bonchev–Trinajstić information content (AvgIpc) is 0.818. The van der Waals surface area contributed by atoms with Crippen LogP contribution in [0.3, 0.4) is 0 Å². The van der Waals surface area contributed by atoms with Gasteiger partial charge in [0.15, 0.2) is 0 Å². The summed E-state index contributed by atoms with van der Waals surface area (Å²) in [6, 6.07) is 58.0. The number of para-hydroxylation sites is 5. The van der Waals surface area contributed by atoms with E-state index in [1.807, 2.05) is 60.7 Å². The summed E-state index contributed by atoms with van der Waals surface area (Å²) in [6.45, 7) is 55.8.